The number of aliphatic hydroxyl groups is 1. The van der Waals surface area contributed by atoms with Crippen molar-refractivity contribution in [3.8, 4) is 0 Å². The third-order valence-corrected chi connectivity index (χ3v) is 1.81. The van der Waals surface area contributed by atoms with Crippen molar-refractivity contribution in [2.45, 2.75) is 26.2 Å². The summed E-state index contributed by atoms with van der Waals surface area (Å²) in [5, 5.41) is 8.58. The monoisotopic (exact) mass is 187 g/mol. The Bertz CT molecular complexity index is 159. The fraction of sp³-hybridized carbons (Fsp3) is 0.778. The van der Waals surface area contributed by atoms with Crippen LogP contribution < -0.4 is 0 Å². The molecule has 0 unspecified atom stereocenters. The number of carbonyl (C=O) groups is 2. The van der Waals surface area contributed by atoms with E-state index in [0.29, 0.717) is 12.8 Å². The number of unbranched alkanes of at least 4 members (excludes halogenated alkanes) is 2. The second-order valence-corrected chi connectivity index (χ2v) is 2.87. The minimum Gasteiger partial charge on any atom is -0.387 e. The van der Waals surface area contributed by atoms with Gasteiger partial charge in [0.25, 0.3) is 0 Å². The summed E-state index contributed by atoms with van der Waals surface area (Å²) in [7, 11) is 0. The molecule has 76 valence electrons. The zero-order valence-electron chi connectivity index (χ0n) is 8.03. The van der Waals surface area contributed by atoms with Gasteiger partial charge in [-0.3, -0.25) is 4.79 Å². The van der Waals surface area contributed by atoms with Gasteiger partial charge < -0.3 is 14.8 Å². The van der Waals surface area contributed by atoms with E-state index in [1.807, 2.05) is 0 Å². The number of aldehydes is 1. The Kier molecular flexibility index (Phi) is 7.20. The summed E-state index contributed by atoms with van der Waals surface area (Å²) >= 11 is 0. The first-order valence-electron chi connectivity index (χ1n) is 4.58. The topological polar surface area (TPSA) is 57.6 Å². The van der Waals surface area contributed by atoms with Crippen molar-refractivity contribution >= 4 is 12.2 Å². The zero-order chi connectivity index (χ0) is 10.1. The normalized spacial score (nSPS) is 9.69. The lowest BCUT2D eigenvalue weighted by atomic mass is 10.2. The van der Waals surface area contributed by atoms with Gasteiger partial charge in [-0.25, -0.2) is 0 Å². The van der Waals surface area contributed by atoms with Gasteiger partial charge in [0.05, 0.1) is 6.54 Å². The van der Waals surface area contributed by atoms with Gasteiger partial charge >= 0.3 is 0 Å². The van der Waals surface area contributed by atoms with E-state index in [2.05, 4.69) is 6.92 Å². The van der Waals surface area contributed by atoms with Crippen molar-refractivity contribution in [1.29, 1.82) is 0 Å². The molecule has 0 aromatic rings. The summed E-state index contributed by atoms with van der Waals surface area (Å²) in [6.45, 7) is 2.20. The van der Waals surface area contributed by atoms with E-state index in [0.717, 1.165) is 19.3 Å². The third-order valence-electron chi connectivity index (χ3n) is 1.81. The number of hydrogen-bond donors (Lipinski definition) is 1. The summed E-state index contributed by atoms with van der Waals surface area (Å²) in [5.74, 6) is -0.372. The number of rotatable bonds is 7. The summed E-state index contributed by atoms with van der Waals surface area (Å²) in [6, 6.07) is 0. The Morgan fingerprint density at radius 3 is 2.62 bits per heavy atom. The number of carbonyl (C=O) groups excluding carboxylic acids is 2. The van der Waals surface area contributed by atoms with Gasteiger partial charge in [0, 0.05) is 6.54 Å². The van der Waals surface area contributed by atoms with Crippen molar-refractivity contribution in [1.82, 2.24) is 4.90 Å². The summed E-state index contributed by atoms with van der Waals surface area (Å²) in [6.07, 6.45) is 3.67. The summed E-state index contributed by atoms with van der Waals surface area (Å²) < 4.78 is 0. The highest BCUT2D eigenvalue weighted by Crippen LogP contribution is 1.97. The third kappa shape index (κ3) is 5.36. The Morgan fingerprint density at radius 1 is 1.46 bits per heavy atom. The number of aliphatic hydroxyl groups excluding tert-OH is 1. The highest BCUT2D eigenvalue weighted by Gasteiger charge is 2.10. The second-order valence-electron chi connectivity index (χ2n) is 2.87. The van der Waals surface area contributed by atoms with Crippen LogP contribution in [0.1, 0.15) is 26.2 Å². The smallest absolute Gasteiger partial charge is 0.248 e. The largest absolute Gasteiger partial charge is 0.387 e. The van der Waals surface area contributed by atoms with Gasteiger partial charge in [-0.15, -0.1) is 0 Å². The van der Waals surface area contributed by atoms with Crippen LogP contribution in [0.3, 0.4) is 0 Å². The van der Waals surface area contributed by atoms with Crippen molar-refractivity contribution in [2.24, 2.45) is 0 Å². The Balaban J connectivity index is 3.79. The predicted molar refractivity (Wildman–Crippen MR) is 49.3 cm³/mol. The van der Waals surface area contributed by atoms with Crippen molar-refractivity contribution in [2.75, 3.05) is 19.7 Å². The molecule has 0 atom stereocenters. The van der Waals surface area contributed by atoms with Gasteiger partial charge in [-0.2, -0.15) is 0 Å². The average molecular weight is 187 g/mol. The Labute approximate surface area is 78.5 Å². The Hall–Kier alpha value is -0.900. The molecule has 0 aromatic heterocycles. The number of hydrogen-bond acceptors (Lipinski definition) is 3. The molecular weight excluding hydrogens is 170 g/mol. The average Bonchev–Trinajstić information content (AvgIpc) is 2.16. The predicted octanol–water partition coefficient (Wildman–Crippen LogP) is 0.196. The van der Waals surface area contributed by atoms with Crippen LogP contribution in [0.15, 0.2) is 0 Å². The minimum atomic E-state index is -0.514. The van der Waals surface area contributed by atoms with Gasteiger partial charge in [0.2, 0.25) is 5.91 Å². The molecular formula is C9H17NO3. The molecule has 13 heavy (non-hydrogen) atoms. The standard InChI is InChI=1S/C9H17NO3/c1-2-3-4-5-10(6-7-11)9(13)8-12/h7,12H,2-6,8H2,1H3. The first kappa shape index (κ1) is 12.1. The first-order valence-corrected chi connectivity index (χ1v) is 4.58. The molecule has 0 aliphatic rings. The van der Waals surface area contributed by atoms with Gasteiger partial charge in [-0.05, 0) is 6.42 Å². The molecule has 1 amide bonds. The Morgan fingerprint density at radius 2 is 2.15 bits per heavy atom. The maximum absolute atomic E-state index is 11.0. The van der Waals surface area contributed by atoms with Crippen molar-refractivity contribution < 1.29 is 14.7 Å². The van der Waals surface area contributed by atoms with Crippen LogP contribution in [-0.2, 0) is 9.59 Å². The maximum Gasteiger partial charge on any atom is 0.248 e. The fourth-order valence-electron chi connectivity index (χ4n) is 1.06. The molecule has 4 heteroatoms. The van der Waals surface area contributed by atoms with Crippen molar-refractivity contribution in [3.63, 3.8) is 0 Å². The molecule has 0 radical (unpaired) electrons. The maximum atomic E-state index is 11.0. The molecule has 1 N–H and O–H groups in total. The molecule has 0 bridgehead atoms. The molecule has 0 spiro atoms. The SMILES string of the molecule is CCCCCN(CC=O)C(=O)CO. The van der Waals surface area contributed by atoms with E-state index in [1.165, 1.54) is 4.90 Å². The minimum absolute atomic E-state index is 0.0864. The highest BCUT2D eigenvalue weighted by atomic mass is 16.3. The molecule has 0 aliphatic heterocycles. The van der Waals surface area contributed by atoms with Gasteiger partial charge in [0.15, 0.2) is 0 Å². The lowest BCUT2D eigenvalue weighted by molar-refractivity contribution is -0.135. The van der Waals surface area contributed by atoms with Gasteiger partial charge in [0.1, 0.15) is 12.9 Å². The van der Waals surface area contributed by atoms with Crippen LogP contribution in [0.5, 0.6) is 0 Å². The zero-order valence-corrected chi connectivity index (χ0v) is 8.03. The molecule has 0 aliphatic carbocycles. The lowest BCUT2D eigenvalue weighted by Crippen LogP contribution is -2.35. The summed E-state index contributed by atoms with van der Waals surface area (Å²) in [5.41, 5.74) is 0. The van der Waals surface area contributed by atoms with Crippen LogP contribution in [-0.4, -0.2) is 41.9 Å². The second kappa shape index (κ2) is 7.73. The molecule has 0 heterocycles. The lowest BCUT2D eigenvalue weighted by Gasteiger charge is -2.18. The van der Waals surface area contributed by atoms with E-state index in [9.17, 15) is 9.59 Å². The summed E-state index contributed by atoms with van der Waals surface area (Å²) in [4.78, 5) is 22.6. The molecule has 4 nitrogen and oxygen atoms in total. The highest BCUT2D eigenvalue weighted by molar-refractivity contribution is 5.79. The van der Waals surface area contributed by atoms with Crippen LogP contribution in [0.2, 0.25) is 0 Å². The van der Waals surface area contributed by atoms with E-state index in [-0.39, 0.29) is 12.5 Å². The van der Waals surface area contributed by atoms with E-state index in [4.69, 9.17) is 5.11 Å². The molecule has 0 aromatic carbocycles. The van der Waals surface area contributed by atoms with Crippen LogP contribution in [0.25, 0.3) is 0 Å². The quantitative estimate of drug-likeness (QED) is 0.457. The first-order chi connectivity index (χ1) is 6.26. The van der Waals surface area contributed by atoms with E-state index >= 15 is 0 Å². The van der Waals surface area contributed by atoms with E-state index in [1.54, 1.807) is 0 Å². The molecule has 0 fully saturated rings. The molecule has 0 saturated heterocycles. The van der Waals surface area contributed by atoms with Crippen LogP contribution in [0.4, 0.5) is 0 Å². The van der Waals surface area contributed by atoms with Crippen molar-refractivity contribution in [3.05, 3.63) is 0 Å². The fourth-order valence-corrected chi connectivity index (χ4v) is 1.06. The molecule has 0 rings (SSSR count). The molecule has 0 saturated carbocycles. The van der Waals surface area contributed by atoms with Gasteiger partial charge in [-0.1, -0.05) is 19.8 Å². The number of amides is 1. The van der Waals surface area contributed by atoms with Crippen LogP contribution >= 0.6 is 0 Å². The van der Waals surface area contributed by atoms with E-state index < -0.39 is 6.61 Å². The van der Waals surface area contributed by atoms with Crippen LogP contribution in [0, 0.1) is 0 Å². The number of nitrogens with zero attached hydrogens (tertiary/aromatic N) is 1.